The molecule has 0 saturated heterocycles. The fourth-order valence-electron chi connectivity index (χ4n) is 3.53. The summed E-state index contributed by atoms with van der Waals surface area (Å²) in [7, 11) is 0.330. The van der Waals surface area contributed by atoms with Gasteiger partial charge in [-0.3, -0.25) is 0 Å². The van der Waals surface area contributed by atoms with Gasteiger partial charge in [0.2, 0.25) is 0 Å². The van der Waals surface area contributed by atoms with Crippen LogP contribution < -0.4 is 5.73 Å². The van der Waals surface area contributed by atoms with Crippen LogP contribution in [0.15, 0.2) is 30.5 Å². The van der Waals surface area contributed by atoms with Gasteiger partial charge in [-0.1, -0.05) is 39.3 Å². The second-order valence-electron chi connectivity index (χ2n) is 9.59. The van der Waals surface area contributed by atoms with Gasteiger partial charge in [0.05, 0.1) is 12.3 Å². The highest BCUT2D eigenvalue weighted by molar-refractivity contribution is 6.74. The van der Waals surface area contributed by atoms with Crippen molar-refractivity contribution in [3.63, 3.8) is 0 Å². The van der Waals surface area contributed by atoms with Gasteiger partial charge in [0.1, 0.15) is 5.82 Å². The van der Waals surface area contributed by atoms with Crippen molar-refractivity contribution < 1.29 is 4.43 Å². The molecule has 1 aromatic heterocycles. The topological polar surface area (TPSA) is 53.1 Å². The highest BCUT2D eigenvalue weighted by Crippen LogP contribution is 2.43. The summed E-state index contributed by atoms with van der Waals surface area (Å²) in [6.07, 6.45) is 5.99. The van der Waals surface area contributed by atoms with E-state index >= 15 is 0 Å². The zero-order valence-electron chi connectivity index (χ0n) is 17.7. The summed E-state index contributed by atoms with van der Waals surface area (Å²) in [6.45, 7) is 12.0. The van der Waals surface area contributed by atoms with Crippen LogP contribution in [-0.4, -0.2) is 17.9 Å². The van der Waals surface area contributed by atoms with Gasteiger partial charge in [0.25, 0.3) is 0 Å². The molecule has 1 heterocycles. The molecular formula is C22H35N3OSi. The summed E-state index contributed by atoms with van der Waals surface area (Å²) < 4.78 is 8.59. The fourth-order valence-corrected chi connectivity index (χ4v) is 4.47. The molecule has 5 heteroatoms. The average molecular weight is 386 g/mol. The summed E-state index contributed by atoms with van der Waals surface area (Å²) in [5.74, 6) is 2.11. The van der Waals surface area contributed by atoms with E-state index in [0.717, 1.165) is 17.2 Å². The first kappa shape index (κ1) is 20.1. The van der Waals surface area contributed by atoms with E-state index in [1.54, 1.807) is 0 Å². The minimum Gasteiger partial charge on any atom is -0.411 e. The van der Waals surface area contributed by atoms with Crippen LogP contribution in [0.25, 0.3) is 0 Å². The molecule has 1 saturated carbocycles. The number of imidazole rings is 1. The van der Waals surface area contributed by atoms with E-state index in [1.807, 2.05) is 6.07 Å². The van der Waals surface area contributed by atoms with E-state index in [4.69, 9.17) is 15.1 Å². The molecule has 3 rings (SSSR count). The molecule has 0 radical (unpaired) electrons. The molecule has 148 valence electrons. The van der Waals surface area contributed by atoms with Crippen LogP contribution in [0.3, 0.4) is 0 Å². The van der Waals surface area contributed by atoms with E-state index in [2.05, 4.69) is 69.9 Å². The molecule has 1 fully saturated rings. The van der Waals surface area contributed by atoms with Crippen molar-refractivity contribution in [1.82, 2.24) is 9.55 Å². The van der Waals surface area contributed by atoms with Crippen LogP contribution in [-0.2, 0) is 18.1 Å². The largest absolute Gasteiger partial charge is 0.411 e. The lowest BCUT2D eigenvalue weighted by Crippen LogP contribution is -2.40. The smallest absolute Gasteiger partial charge is 0.192 e. The summed E-state index contributed by atoms with van der Waals surface area (Å²) in [4.78, 5) is 5.02. The molecule has 1 unspecified atom stereocenters. The zero-order valence-corrected chi connectivity index (χ0v) is 18.7. The van der Waals surface area contributed by atoms with E-state index in [1.165, 1.54) is 24.8 Å². The highest BCUT2D eigenvalue weighted by Gasteiger charge is 2.37. The Balaban J connectivity index is 1.85. The summed E-state index contributed by atoms with van der Waals surface area (Å²) >= 11 is 0. The second kappa shape index (κ2) is 7.44. The first-order chi connectivity index (χ1) is 12.6. The lowest BCUT2D eigenvalue weighted by atomic mass is 9.72. The number of rotatable bonds is 6. The molecule has 0 bridgehead atoms. The number of aromatic nitrogens is 2. The third-order valence-electron chi connectivity index (χ3n) is 6.52. The standard InChI is InChI=1S/C22H35N3OSi/c1-22(2,3)27(5,6)26-15-19-14-25(4)21(24-19)20(16-9-7-10-16)17-11-8-12-18(23)13-17/h8,11-14,16,20H,7,9-10,15,23H2,1-6H3. The summed E-state index contributed by atoms with van der Waals surface area (Å²) in [5.41, 5.74) is 9.21. The zero-order chi connectivity index (χ0) is 19.8. The average Bonchev–Trinajstić information content (AvgIpc) is 2.88. The van der Waals surface area contributed by atoms with Gasteiger partial charge in [-0.15, -0.1) is 0 Å². The van der Waals surface area contributed by atoms with Gasteiger partial charge < -0.3 is 14.7 Å². The molecule has 1 aliphatic rings. The Morgan fingerprint density at radius 3 is 2.56 bits per heavy atom. The van der Waals surface area contributed by atoms with Crippen molar-refractivity contribution in [2.75, 3.05) is 5.73 Å². The van der Waals surface area contributed by atoms with Crippen molar-refractivity contribution in [2.45, 2.75) is 70.7 Å². The molecule has 1 aromatic carbocycles. The van der Waals surface area contributed by atoms with Gasteiger partial charge >= 0.3 is 0 Å². The predicted molar refractivity (Wildman–Crippen MR) is 115 cm³/mol. The molecule has 4 nitrogen and oxygen atoms in total. The maximum Gasteiger partial charge on any atom is 0.192 e. The first-order valence-electron chi connectivity index (χ1n) is 10.1. The van der Waals surface area contributed by atoms with Gasteiger partial charge in [0.15, 0.2) is 8.32 Å². The molecule has 0 spiro atoms. The van der Waals surface area contributed by atoms with E-state index < -0.39 is 8.32 Å². The van der Waals surface area contributed by atoms with Gasteiger partial charge in [-0.25, -0.2) is 4.98 Å². The molecular weight excluding hydrogens is 350 g/mol. The quantitative estimate of drug-likeness (QED) is 0.531. The number of nitrogens with two attached hydrogens (primary N) is 1. The third kappa shape index (κ3) is 4.30. The number of nitrogens with zero attached hydrogens (tertiary/aromatic N) is 2. The Kier molecular flexibility index (Phi) is 5.55. The number of anilines is 1. The van der Waals surface area contributed by atoms with Crippen molar-refractivity contribution >= 4 is 14.0 Å². The molecule has 2 aromatic rings. The van der Waals surface area contributed by atoms with E-state index in [9.17, 15) is 0 Å². The number of benzene rings is 1. The van der Waals surface area contributed by atoms with Gasteiger partial charge in [-0.2, -0.15) is 0 Å². The molecule has 27 heavy (non-hydrogen) atoms. The Bertz CT molecular complexity index is 787. The molecule has 1 atom stereocenters. The first-order valence-corrected chi connectivity index (χ1v) is 13.0. The van der Waals surface area contributed by atoms with Crippen LogP contribution in [0.1, 0.15) is 63.0 Å². The lowest BCUT2D eigenvalue weighted by Gasteiger charge is -2.35. The van der Waals surface area contributed by atoms with Crippen molar-refractivity contribution in [2.24, 2.45) is 13.0 Å². The maximum atomic E-state index is 6.40. The Morgan fingerprint density at radius 1 is 1.30 bits per heavy atom. The van der Waals surface area contributed by atoms with Crippen molar-refractivity contribution in [3.05, 3.63) is 47.5 Å². The van der Waals surface area contributed by atoms with Gasteiger partial charge in [-0.05, 0) is 54.6 Å². The van der Waals surface area contributed by atoms with Crippen molar-refractivity contribution in [3.8, 4) is 0 Å². The lowest BCUT2D eigenvalue weighted by molar-refractivity contribution is 0.268. The molecule has 2 N–H and O–H groups in total. The summed E-state index contributed by atoms with van der Waals surface area (Å²) in [6, 6.07) is 8.32. The van der Waals surface area contributed by atoms with E-state index in [0.29, 0.717) is 18.4 Å². The van der Waals surface area contributed by atoms with E-state index in [-0.39, 0.29) is 5.04 Å². The SMILES string of the molecule is Cn1cc(CO[Si](C)(C)C(C)(C)C)nc1C(c1cccc(N)c1)C1CCC1. The van der Waals surface area contributed by atoms with Crippen LogP contribution in [0.4, 0.5) is 5.69 Å². The van der Waals surface area contributed by atoms with Gasteiger partial charge in [0, 0.05) is 24.8 Å². The van der Waals surface area contributed by atoms with Crippen LogP contribution >= 0.6 is 0 Å². The number of nitrogen functional groups attached to an aromatic ring is 1. The van der Waals surface area contributed by atoms with Crippen LogP contribution in [0.5, 0.6) is 0 Å². The molecule has 1 aliphatic carbocycles. The monoisotopic (exact) mass is 385 g/mol. The normalized spacial score (nSPS) is 17.0. The fraction of sp³-hybridized carbons (Fsp3) is 0.591. The Hall–Kier alpha value is -1.59. The van der Waals surface area contributed by atoms with Crippen molar-refractivity contribution in [1.29, 1.82) is 0 Å². The number of hydrogen-bond donors (Lipinski definition) is 1. The second-order valence-corrected chi connectivity index (χ2v) is 14.4. The van der Waals surface area contributed by atoms with Crippen LogP contribution in [0.2, 0.25) is 18.1 Å². The van der Waals surface area contributed by atoms with Crippen LogP contribution in [0, 0.1) is 5.92 Å². The predicted octanol–water partition coefficient (Wildman–Crippen LogP) is 5.46. The molecule has 0 aliphatic heterocycles. The molecule has 0 amide bonds. The highest BCUT2D eigenvalue weighted by atomic mass is 28.4. The maximum absolute atomic E-state index is 6.40. The summed E-state index contributed by atoms with van der Waals surface area (Å²) in [5, 5.41) is 0.209. The Labute approximate surface area is 165 Å². The minimum absolute atomic E-state index is 0.209. The number of hydrogen-bond acceptors (Lipinski definition) is 3. The minimum atomic E-state index is -1.78. The number of aryl methyl sites for hydroxylation is 1. The Morgan fingerprint density at radius 2 is 2.00 bits per heavy atom. The third-order valence-corrected chi connectivity index (χ3v) is 11.0.